The van der Waals surface area contributed by atoms with Crippen molar-refractivity contribution in [2.75, 3.05) is 6.61 Å². The minimum Gasteiger partial charge on any atom is -0.480 e. The van der Waals surface area contributed by atoms with E-state index in [0.717, 1.165) is 97.1 Å². The predicted molar refractivity (Wildman–Crippen MR) is 350 cm³/mol. The minimum absolute atomic E-state index is 0.0295. The molecule has 0 saturated carbocycles. The van der Waals surface area contributed by atoms with Crippen LogP contribution in [0.3, 0.4) is 0 Å². The van der Waals surface area contributed by atoms with Crippen LogP contribution in [-0.2, 0) is 159 Å². The van der Waals surface area contributed by atoms with Gasteiger partial charge in [0, 0.05) is 19.3 Å². The summed E-state index contributed by atoms with van der Waals surface area (Å²) in [5, 5.41) is 24.2. The maximum absolute atomic E-state index is 14.6. The topological polar surface area (TPSA) is 746 Å². The molecule has 0 spiro atoms. The summed E-state index contributed by atoms with van der Waals surface area (Å²) in [4.78, 5) is 139. The molecule has 0 aliphatic carbocycles. The average molecular weight is 1660 g/mol. The minimum atomic E-state index is -5.81. The van der Waals surface area contributed by atoms with Gasteiger partial charge in [-0.3, -0.25) is 75.0 Å². The number of hydrogen-bond acceptors (Lipinski definition) is 32. The largest absolute Gasteiger partial charge is 0.480 e. The molecule has 47 nitrogen and oxygen atoms in total. The quantitative estimate of drug-likeness (QED) is 0.0184. The summed E-state index contributed by atoms with van der Waals surface area (Å²) < 4.78 is 255. The second-order valence-corrected chi connectivity index (χ2v) is 29.5. The Labute approximate surface area is 606 Å². The zero-order valence-electron chi connectivity index (χ0n) is 54.3. The number of benzene rings is 4. The highest BCUT2D eigenvalue weighted by atomic mass is 32.3. The molecule has 8 atom stereocenters. The lowest BCUT2D eigenvalue weighted by molar-refractivity contribution is -0.143. The molecule has 0 fully saturated rings. The van der Waals surface area contributed by atoms with Gasteiger partial charge in [-0.25, -0.2) is 8.98 Å². The molecule has 592 valence electrons. The van der Waals surface area contributed by atoms with Crippen LogP contribution >= 0.6 is 0 Å². The summed E-state index contributed by atoms with van der Waals surface area (Å²) in [5.74, 6) is -20.1. The lowest BCUT2D eigenvalue weighted by atomic mass is 10.0. The average Bonchev–Trinajstić information content (AvgIpc) is 0.842. The number of rotatable bonds is 42. The predicted octanol–water partition coefficient (Wildman–Crippen LogP) is -5.17. The van der Waals surface area contributed by atoms with Crippen molar-refractivity contribution in [3.05, 3.63) is 119 Å². The van der Waals surface area contributed by atoms with E-state index in [2.05, 4.69) is 39.9 Å². The van der Waals surface area contributed by atoms with E-state index >= 15 is 0 Å². The monoisotopic (exact) mass is 1660 g/mol. The molecule has 0 radical (unpaired) electrons. The van der Waals surface area contributed by atoms with Crippen molar-refractivity contribution in [3.8, 4) is 23.0 Å². The Morgan fingerprint density at radius 3 is 0.879 bits per heavy atom. The fourth-order valence-corrected chi connectivity index (χ4v) is 11.2. The van der Waals surface area contributed by atoms with E-state index in [1.807, 2.05) is 26.6 Å². The number of nitrogens with two attached hydrogens (primary N) is 1. The molecule has 54 heteroatoms. The number of carboxylic acid groups (broad SMARTS) is 1. The highest BCUT2D eigenvalue weighted by Gasteiger charge is 2.38. The van der Waals surface area contributed by atoms with Gasteiger partial charge in [-0.1, -0.05) is 62.4 Å². The maximum atomic E-state index is 14.6. The normalized spacial score (nSPS) is 14.4. The molecule has 0 bridgehead atoms. The molecule has 0 saturated heterocycles. The van der Waals surface area contributed by atoms with Crippen LogP contribution in [0.5, 0.6) is 23.0 Å². The van der Waals surface area contributed by atoms with Crippen LogP contribution in [0.15, 0.2) is 97.1 Å². The maximum Gasteiger partial charge on any atom is 0.448 e. The van der Waals surface area contributed by atoms with Gasteiger partial charge in [-0.15, -0.1) is 0 Å². The van der Waals surface area contributed by atoms with E-state index in [-0.39, 0.29) is 22.3 Å². The van der Waals surface area contributed by atoms with E-state index in [1.54, 1.807) is 0 Å². The van der Waals surface area contributed by atoms with Crippen molar-refractivity contribution >= 4 is 132 Å². The molecule has 7 amide bonds. The van der Waals surface area contributed by atoms with Crippen molar-refractivity contribution in [1.29, 1.82) is 0 Å². The lowest BCUT2D eigenvalue weighted by Gasteiger charge is -2.28. The molecule has 0 heterocycles. The Kier molecular flexibility index (Phi) is 31.8. The number of carbonyl (C=O) groups excluding carboxylic acids is 9. The van der Waals surface area contributed by atoms with Crippen LogP contribution in [0.25, 0.3) is 0 Å². The van der Waals surface area contributed by atoms with Crippen LogP contribution in [0.4, 0.5) is 0 Å². The van der Waals surface area contributed by atoms with Crippen molar-refractivity contribution in [3.63, 3.8) is 0 Å². The zero-order chi connectivity index (χ0) is 81.0. The summed E-state index contributed by atoms with van der Waals surface area (Å²) in [6.45, 7) is 1.17. The molecule has 107 heavy (non-hydrogen) atoms. The summed E-state index contributed by atoms with van der Waals surface area (Å²) in [7, 11) is -37.5. The first-order chi connectivity index (χ1) is 49.0. The van der Waals surface area contributed by atoms with Crippen LogP contribution in [0.1, 0.15) is 55.4 Å². The second-order valence-electron chi connectivity index (χ2n) is 22.3. The second kappa shape index (κ2) is 38.0. The Morgan fingerprint density at radius 1 is 0.336 bits per heavy atom. The van der Waals surface area contributed by atoms with Gasteiger partial charge in [0.25, 0.3) is 0 Å². The van der Waals surface area contributed by atoms with Crippen molar-refractivity contribution in [1.82, 2.24) is 37.2 Å². The van der Waals surface area contributed by atoms with Crippen LogP contribution in [-0.4, -0.2) is 210 Å². The lowest BCUT2D eigenvalue weighted by Crippen LogP contribution is -2.61. The highest BCUT2D eigenvalue weighted by molar-refractivity contribution is 7.82. The Morgan fingerprint density at radius 2 is 0.589 bits per heavy atom. The molecule has 4 rings (SSSR count). The third-order valence-electron chi connectivity index (χ3n) is 13.3. The Hall–Kier alpha value is -9.93. The van der Waals surface area contributed by atoms with Gasteiger partial charge < -0.3 is 73.2 Å². The molecule has 17 N–H and O–H groups in total. The smallest absolute Gasteiger partial charge is 0.448 e. The van der Waals surface area contributed by atoms with E-state index < -0.39 is 261 Å². The number of carbonyl (C=O) groups is 10. The molecular weight excluding hydrogens is 1600 g/mol. The molecule has 0 unspecified atom stereocenters. The SMILES string of the molecule is CC(C)C[C@H](NC(=O)[C@H](CC(=O)OS(=O)(=O)O)NC(=O)[C@H](Cc1ccc(OS(=O)(=O)O)cc1)NC(=O)[C@H](COS(=O)(=O)O)NC(=O)[C@@H](N)Cc1ccc(OS(=O)(=O)O)cc1)C(=O)N[C@@H](CC(=O)OS(=O)(=O)O)C(=O)N[C@@H](Cc1ccc(OS(=O)(=O)O)cc1)C(=O)N[C@@H](Cc1ccc(OS(=O)(=O)O)cc1)C(=O)O. The fraction of sp³-hybridized carbons (Fsp3) is 0.358. The van der Waals surface area contributed by atoms with Gasteiger partial charge in [0.05, 0.1) is 25.5 Å². The summed E-state index contributed by atoms with van der Waals surface area (Å²) >= 11 is 0. The van der Waals surface area contributed by atoms with Crippen LogP contribution in [0.2, 0.25) is 0 Å². The van der Waals surface area contributed by atoms with Gasteiger partial charge >= 0.3 is 90.7 Å². The first kappa shape index (κ1) is 89.5. The summed E-state index contributed by atoms with van der Waals surface area (Å²) in [6, 6.07) is -2.07. The number of aliphatic carboxylic acids is 1. The summed E-state index contributed by atoms with van der Waals surface area (Å²) in [6.07, 6.45) is -6.90. The number of hydrogen-bond donors (Lipinski definition) is 16. The van der Waals surface area contributed by atoms with Crippen molar-refractivity contribution in [2.24, 2.45) is 11.7 Å². The third kappa shape index (κ3) is 35.8. The molecular formula is C53H64N8O39S7. The fourth-order valence-electron chi connectivity index (χ4n) is 8.89. The van der Waals surface area contributed by atoms with Crippen LogP contribution < -0.4 is 59.7 Å². The van der Waals surface area contributed by atoms with Crippen LogP contribution in [0, 0.1) is 5.92 Å². The number of amides is 7. The van der Waals surface area contributed by atoms with E-state index in [4.69, 9.17) is 19.4 Å². The van der Waals surface area contributed by atoms with E-state index in [1.165, 1.54) is 13.8 Å². The molecule has 4 aromatic carbocycles. The Bertz CT molecular complexity index is 4770. The number of carboxylic acids is 1. The van der Waals surface area contributed by atoms with Gasteiger partial charge in [0.1, 0.15) is 65.3 Å². The van der Waals surface area contributed by atoms with Crippen molar-refractivity contribution < 1.29 is 173 Å². The van der Waals surface area contributed by atoms with Gasteiger partial charge in [0.2, 0.25) is 41.4 Å². The standard InChI is InChI=1S/C53H64N8O39S7/c1-27(2)19-37(47(65)58-41(25-45(63)100-107(91,92)93)51(69)56-39(22-30-7-15-34(16-8-30)97-104(82,83)84)49(67)60-42(53(71)72)23-31-9-17-35(18-10-31)98-105(85,86)87)55-50(68)40(24-44(62)99-106(88,89)90)59-48(66)38(21-29-5-13-33(14-6-29)96-103(79,80)81)57-52(70)43(26-94-101(73,74)75)61-46(64)36(54)20-28-3-11-32(12-4-28)95-102(76,77)78/h3-18,27,36-43H,19-26,54H2,1-2H3,(H,55,68)(H,56,69)(H,57,70)(H,58,65)(H,59,66)(H,60,67)(H,61,64)(H,71,72)(H,73,74,75)(H,76,77,78)(H,79,80,81)(H,82,83,84)(H,85,86,87)(H,88,89,90)(H,91,92,93)/t36-,37-,38-,39-,40-,41-,42-,43-/m0/s1. The molecule has 4 aromatic rings. The third-order valence-corrected chi connectivity index (χ3v) is 16.1. The van der Waals surface area contributed by atoms with Gasteiger partial charge in [-0.2, -0.15) is 58.9 Å². The first-order valence-corrected chi connectivity index (χ1v) is 38.8. The first-order valence-electron chi connectivity index (χ1n) is 29.2. The van der Waals surface area contributed by atoms with E-state index in [0.29, 0.717) is 0 Å². The molecule has 0 aliphatic rings. The highest BCUT2D eigenvalue weighted by Crippen LogP contribution is 2.21. The zero-order valence-corrected chi connectivity index (χ0v) is 60.0. The summed E-state index contributed by atoms with van der Waals surface area (Å²) in [5.41, 5.74) is 5.94. The van der Waals surface area contributed by atoms with Gasteiger partial charge in [0.15, 0.2) is 0 Å². The number of nitrogens with one attached hydrogen (secondary N) is 7. The molecule has 0 aliphatic heterocycles. The van der Waals surface area contributed by atoms with Gasteiger partial charge in [-0.05, 0) is 89.5 Å². The van der Waals surface area contributed by atoms with Crippen molar-refractivity contribution in [2.45, 2.75) is 107 Å². The molecule has 0 aromatic heterocycles. The van der Waals surface area contributed by atoms with E-state index in [9.17, 15) is 130 Å². The Balaban J connectivity index is 1.79.